The Labute approximate surface area is 68.7 Å². The van der Waals surface area contributed by atoms with E-state index in [1.165, 1.54) is 0 Å². The van der Waals surface area contributed by atoms with Gasteiger partial charge in [0.1, 0.15) is 0 Å². The molecule has 6 nitrogen and oxygen atoms in total. The van der Waals surface area contributed by atoms with E-state index < -0.39 is 30.7 Å². The van der Waals surface area contributed by atoms with Crippen LogP contribution in [0.2, 0.25) is 0 Å². The van der Waals surface area contributed by atoms with Crippen LogP contribution < -0.4 is 0 Å². The normalized spacial score (nSPS) is 13.8. The second-order valence-corrected chi connectivity index (χ2v) is 5.42. The van der Waals surface area contributed by atoms with Crippen LogP contribution in [0.4, 0.5) is 0 Å². The van der Waals surface area contributed by atoms with Crippen molar-refractivity contribution in [2.24, 2.45) is 0 Å². The summed E-state index contributed by atoms with van der Waals surface area (Å²) < 4.78 is 54.5. The van der Waals surface area contributed by atoms with Crippen molar-refractivity contribution in [1.82, 2.24) is 0 Å². The fourth-order valence-corrected chi connectivity index (χ4v) is 2.82. The van der Waals surface area contributed by atoms with Gasteiger partial charge in [-0.25, -0.2) is 0 Å². The second-order valence-electron chi connectivity index (χ2n) is 1.61. The van der Waals surface area contributed by atoms with Crippen molar-refractivity contribution in [3.63, 3.8) is 0 Å². The maximum absolute atomic E-state index is 10.1. The van der Waals surface area contributed by atoms with Crippen LogP contribution in [-0.4, -0.2) is 36.4 Å². The Balaban J connectivity index is 5.05. The van der Waals surface area contributed by atoms with Crippen molar-refractivity contribution >= 4 is 31.8 Å². The number of alkyl halides is 1. The molecule has 0 unspecified atom stereocenters. The molecule has 0 fully saturated rings. The topological polar surface area (TPSA) is 109 Å². The molecule has 0 aliphatic heterocycles. The molecule has 0 bridgehead atoms. The third-order valence-corrected chi connectivity index (χ3v) is 4.59. The van der Waals surface area contributed by atoms with E-state index in [4.69, 9.17) is 20.7 Å². The van der Waals surface area contributed by atoms with Gasteiger partial charge in [-0.15, -0.1) is 11.6 Å². The van der Waals surface area contributed by atoms with Crippen LogP contribution in [0, 0.1) is 0 Å². The number of hydrogen-bond donors (Lipinski definition) is 2. The Morgan fingerprint density at radius 2 is 1.36 bits per heavy atom. The van der Waals surface area contributed by atoms with Gasteiger partial charge >= 0.3 is 0 Å². The molecule has 2 N–H and O–H groups in total. The average molecular weight is 225 g/mol. The van der Waals surface area contributed by atoms with Crippen LogP contribution >= 0.6 is 11.6 Å². The first-order valence-electron chi connectivity index (χ1n) is 2.18. The molecule has 0 amide bonds. The van der Waals surface area contributed by atoms with Crippen molar-refractivity contribution in [3.8, 4) is 0 Å². The summed E-state index contributed by atoms with van der Waals surface area (Å²) in [6.07, 6.45) is 0. The van der Waals surface area contributed by atoms with Crippen LogP contribution in [0.15, 0.2) is 0 Å². The highest BCUT2D eigenvalue weighted by molar-refractivity contribution is 8.04. The Kier molecular flexibility index (Phi) is 3.27. The molecule has 0 atom stereocenters. The van der Waals surface area contributed by atoms with E-state index in [1.807, 2.05) is 0 Å². The van der Waals surface area contributed by atoms with Crippen molar-refractivity contribution in [2.45, 2.75) is 4.58 Å². The molecule has 0 saturated heterocycles. The summed E-state index contributed by atoms with van der Waals surface area (Å²) in [6.45, 7) is 0. The molecule has 0 rings (SSSR count). The zero-order valence-corrected chi connectivity index (χ0v) is 7.40. The lowest BCUT2D eigenvalue weighted by atomic mass is 10.9. The van der Waals surface area contributed by atoms with Crippen molar-refractivity contribution in [1.29, 1.82) is 0 Å². The molecular formula is C2H5ClO6S2. The lowest BCUT2D eigenvalue weighted by Gasteiger charge is -2.04. The minimum atomic E-state index is -4.84. The first-order valence-corrected chi connectivity index (χ1v) is 5.72. The summed E-state index contributed by atoms with van der Waals surface area (Å²) in [7, 11) is -9.69. The first-order chi connectivity index (χ1) is 4.69. The fraction of sp³-hybridized carbons (Fsp3) is 1.00. The molecule has 0 heterocycles. The molecule has 0 saturated carbocycles. The minimum Gasteiger partial charge on any atom is -0.284 e. The van der Waals surface area contributed by atoms with E-state index in [9.17, 15) is 16.8 Å². The molecule has 9 heteroatoms. The monoisotopic (exact) mass is 224 g/mol. The van der Waals surface area contributed by atoms with Crippen LogP contribution in [0.5, 0.6) is 0 Å². The van der Waals surface area contributed by atoms with Crippen molar-refractivity contribution in [2.75, 3.05) is 5.88 Å². The summed E-state index contributed by atoms with van der Waals surface area (Å²) in [5.41, 5.74) is 0. The van der Waals surface area contributed by atoms with Gasteiger partial charge in [0.25, 0.3) is 20.2 Å². The molecule has 0 aromatic heterocycles. The molecule has 68 valence electrons. The molecule has 0 aromatic rings. The number of halogens is 1. The van der Waals surface area contributed by atoms with E-state index in [-0.39, 0.29) is 0 Å². The van der Waals surface area contributed by atoms with Gasteiger partial charge in [0.05, 0.1) is 5.88 Å². The van der Waals surface area contributed by atoms with Gasteiger partial charge in [-0.05, 0) is 0 Å². The SMILES string of the molecule is O=S(=O)(O)C(CCl)S(=O)(=O)O. The van der Waals surface area contributed by atoms with Gasteiger partial charge < -0.3 is 0 Å². The van der Waals surface area contributed by atoms with Gasteiger partial charge in [0, 0.05) is 0 Å². The van der Waals surface area contributed by atoms with Gasteiger partial charge in [-0.2, -0.15) is 16.8 Å². The summed E-state index contributed by atoms with van der Waals surface area (Å²) in [5, 5.41) is 0. The van der Waals surface area contributed by atoms with Gasteiger partial charge in [0.15, 0.2) is 0 Å². The number of rotatable bonds is 3. The molecule has 11 heavy (non-hydrogen) atoms. The third-order valence-electron chi connectivity index (χ3n) is 0.790. The Bertz CT molecular complexity index is 280. The van der Waals surface area contributed by atoms with Crippen LogP contribution in [0.25, 0.3) is 0 Å². The predicted molar refractivity (Wildman–Crippen MR) is 37.6 cm³/mol. The zero-order chi connectivity index (χ0) is 9.28. The zero-order valence-electron chi connectivity index (χ0n) is 5.01. The molecular weight excluding hydrogens is 220 g/mol. The van der Waals surface area contributed by atoms with E-state index in [0.717, 1.165) is 0 Å². The lowest BCUT2D eigenvalue weighted by molar-refractivity contribution is 0.459. The molecule has 0 aliphatic carbocycles. The molecule has 0 aliphatic rings. The fourth-order valence-electron chi connectivity index (χ4n) is 0.313. The molecule has 0 spiro atoms. The van der Waals surface area contributed by atoms with E-state index in [1.54, 1.807) is 0 Å². The Morgan fingerprint density at radius 3 is 1.36 bits per heavy atom. The minimum absolute atomic E-state index is 0.919. The molecule has 0 aromatic carbocycles. The Hall–Kier alpha value is 0.110. The quantitative estimate of drug-likeness (QED) is 0.486. The summed E-state index contributed by atoms with van der Waals surface area (Å²) in [6, 6.07) is 0. The predicted octanol–water partition coefficient (Wildman–Crippen LogP) is -0.673. The van der Waals surface area contributed by atoms with Gasteiger partial charge in [0.2, 0.25) is 4.58 Å². The summed E-state index contributed by atoms with van der Waals surface area (Å²) in [5.74, 6) is -0.919. The second kappa shape index (κ2) is 3.23. The van der Waals surface area contributed by atoms with Crippen LogP contribution in [0.1, 0.15) is 0 Å². The summed E-state index contributed by atoms with van der Waals surface area (Å²) in [4.78, 5) is 0. The van der Waals surface area contributed by atoms with Gasteiger partial charge in [-0.3, -0.25) is 9.11 Å². The van der Waals surface area contributed by atoms with E-state index in [0.29, 0.717) is 0 Å². The highest BCUT2D eigenvalue weighted by atomic mass is 35.5. The smallest absolute Gasteiger partial charge is 0.284 e. The van der Waals surface area contributed by atoms with Crippen molar-refractivity contribution < 1.29 is 25.9 Å². The highest BCUT2D eigenvalue weighted by Gasteiger charge is 2.34. The average Bonchev–Trinajstić information content (AvgIpc) is 1.56. The Morgan fingerprint density at radius 1 is 1.09 bits per heavy atom. The van der Waals surface area contributed by atoms with E-state index >= 15 is 0 Å². The highest BCUT2D eigenvalue weighted by Crippen LogP contribution is 2.07. The standard InChI is InChI=1S/C2H5ClO6S2/c3-1-2(10(4,5)6)11(7,8)9/h2H,1H2,(H,4,5,6)(H,7,8,9). The first kappa shape index (κ1) is 11.1. The third kappa shape index (κ3) is 3.34. The van der Waals surface area contributed by atoms with Gasteiger partial charge in [-0.1, -0.05) is 0 Å². The molecule has 0 radical (unpaired) electrons. The maximum Gasteiger partial charge on any atom is 0.286 e. The largest absolute Gasteiger partial charge is 0.286 e. The number of hydrogen-bond acceptors (Lipinski definition) is 4. The van der Waals surface area contributed by atoms with E-state index in [2.05, 4.69) is 0 Å². The van der Waals surface area contributed by atoms with Crippen LogP contribution in [0.3, 0.4) is 0 Å². The maximum atomic E-state index is 10.1. The summed E-state index contributed by atoms with van der Waals surface area (Å²) >= 11 is 4.86. The van der Waals surface area contributed by atoms with Crippen molar-refractivity contribution in [3.05, 3.63) is 0 Å². The van der Waals surface area contributed by atoms with Crippen LogP contribution in [-0.2, 0) is 20.2 Å². The lowest BCUT2D eigenvalue weighted by Crippen LogP contribution is -2.31.